The first kappa shape index (κ1) is 21.1. The van der Waals surface area contributed by atoms with Gasteiger partial charge in [-0.15, -0.1) is 0 Å². The lowest BCUT2D eigenvalue weighted by Gasteiger charge is -2.41. The van der Waals surface area contributed by atoms with Crippen LogP contribution >= 0.6 is 0 Å². The lowest BCUT2D eigenvalue weighted by molar-refractivity contribution is -0.133. The van der Waals surface area contributed by atoms with Crippen LogP contribution in [0.1, 0.15) is 59.1 Å². The van der Waals surface area contributed by atoms with E-state index in [0.29, 0.717) is 12.2 Å². The Balaban J connectivity index is 1.50. The summed E-state index contributed by atoms with van der Waals surface area (Å²) in [5.74, 6) is -0.847. The van der Waals surface area contributed by atoms with E-state index in [9.17, 15) is 14.4 Å². The smallest absolute Gasteiger partial charge is 0.272 e. The SMILES string of the molecule is Bc1ccccc1CNC(=O)c1cc2n(n1)CC(C)(C(=O)NC1CCCC1)N(C)C2=O. The molecular weight excluding hydrogens is 393 g/mol. The molecule has 1 unspecified atom stereocenters. The summed E-state index contributed by atoms with van der Waals surface area (Å²) in [5.41, 5.74) is 1.54. The molecule has 9 heteroatoms. The van der Waals surface area contributed by atoms with Gasteiger partial charge in [-0.2, -0.15) is 5.10 Å². The molecule has 1 aliphatic heterocycles. The first-order valence-electron chi connectivity index (χ1n) is 10.8. The Morgan fingerprint density at radius 2 is 1.97 bits per heavy atom. The third kappa shape index (κ3) is 3.96. The number of likely N-dealkylation sites (N-methyl/N-ethyl adjacent to an activating group) is 1. The summed E-state index contributed by atoms with van der Waals surface area (Å²) in [4.78, 5) is 40.2. The normalized spacial score (nSPS) is 21.1. The van der Waals surface area contributed by atoms with Gasteiger partial charge in [-0.05, 0) is 25.3 Å². The van der Waals surface area contributed by atoms with E-state index < -0.39 is 5.54 Å². The maximum absolute atomic E-state index is 13.0. The number of carbonyl (C=O) groups excluding carboxylic acids is 3. The molecule has 1 aromatic carbocycles. The van der Waals surface area contributed by atoms with E-state index in [-0.39, 0.29) is 36.0 Å². The molecule has 3 amide bonds. The molecule has 0 spiro atoms. The van der Waals surface area contributed by atoms with Gasteiger partial charge in [0.15, 0.2) is 5.69 Å². The van der Waals surface area contributed by atoms with Crippen molar-refractivity contribution in [2.45, 2.75) is 57.3 Å². The zero-order valence-corrected chi connectivity index (χ0v) is 18.3. The number of aromatic nitrogens is 2. The molecule has 4 rings (SSSR count). The van der Waals surface area contributed by atoms with Gasteiger partial charge in [-0.1, -0.05) is 42.6 Å². The van der Waals surface area contributed by atoms with Gasteiger partial charge in [0.2, 0.25) is 5.91 Å². The largest absolute Gasteiger partial charge is 0.351 e. The minimum absolute atomic E-state index is 0.162. The van der Waals surface area contributed by atoms with E-state index in [1.807, 2.05) is 32.1 Å². The zero-order valence-electron chi connectivity index (χ0n) is 18.3. The highest BCUT2D eigenvalue weighted by Gasteiger charge is 2.46. The Labute approximate surface area is 182 Å². The van der Waals surface area contributed by atoms with Gasteiger partial charge in [-0.3, -0.25) is 19.1 Å². The molecule has 2 N–H and O–H groups in total. The minimum Gasteiger partial charge on any atom is -0.351 e. The van der Waals surface area contributed by atoms with Gasteiger partial charge in [0.1, 0.15) is 19.1 Å². The van der Waals surface area contributed by atoms with Crippen molar-refractivity contribution < 1.29 is 14.4 Å². The molecule has 162 valence electrons. The molecule has 31 heavy (non-hydrogen) atoms. The summed E-state index contributed by atoms with van der Waals surface area (Å²) in [7, 11) is 3.62. The van der Waals surface area contributed by atoms with Gasteiger partial charge >= 0.3 is 0 Å². The topological polar surface area (TPSA) is 96.3 Å². The van der Waals surface area contributed by atoms with Crippen LogP contribution in [0.5, 0.6) is 0 Å². The standard InChI is InChI=1S/C22H28BN5O3/c1-22(21(31)25-15-8-4-5-9-15)13-28-18(20(30)27(22)2)11-17(26-28)19(29)24-12-14-7-3-6-10-16(14)23/h3,6-7,10-11,15H,4-5,8-9,12-13,23H2,1-2H3,(H,24,29)(H,25,31). The Bertz CT molecular complexity index is 1030. The first-order chi connectivity index (χ1) is 14.8. The molecular formula is C22H28BN5O3. The Morgan fingerprint density at radius 1 is 1.26 bits per heavy atom. The van der Waals surface area contributed by atoms with Gasteiger partial charge < -0.3 is 15.5 Å². The van der Waals surface area contributed by atoms with Crippen LogP contribution in [-0.4, -0.2) is 58.9 Å². The molecule has 0 bridgehead atoms. The quantitative estimate of drug-likeness (QED) is 0.664. The van der Waals surface area contributed by atoms with E-state index in [1.165, 1.54) is 15.6 Å². The Kier molecular flexibility index (Phi) is 5.60. The van der Waals surface area contributed by atoms with Crippen molar-refractivity contribution in [1.82, 2.24) is 25.3 Å². The molecule has 1 saturated carbocycles. The van der Waals surface area contributed by atoms with Crippen LogP contribution in [-0.2, 0) is 17.9 Å². The monoisotopic (exact) mass is 421 g/mol. The molecule has 8 nitrogen and oxygen atoms in total. The molecule has 2 heterocycles. The van der Waals surface area contributed by atoms with Crippen LogP contribution in [0.3, 0.4) is 0 Å². The van der Waals surface area contributed by atoms with Gasteiger partial charge in [-0.25, -0.2) is 0 Å². The van der Waals surface area contributed by atoms with E-state index in [4.69, 9.17) is 0 Å². The lowest BCUT2D eigenvalue weighted by Crippen LogP contribution is -2.63. The highest BCUT2D eigenvalue weighted by molar-refractivity contribution is 6.33. The van der Waals surface area contributed by atoms with Crippen LogP contribution in [0.2, 0.25) is 0 Å². The third-order valence-corrected chi connectivity index (χ3v) is 6.61. The first-order valence-corrected chi connectivity index (χ1v) is 10.8. The third-order valence-electron chi connectivity index (χ3n) is 6.61. The van der Waals surface area contributed by atoms with Gasteiger partial charge in [0.05, 0.1) is 6.54 Å². The molecule has 1 fully saturated rings. The molecule has 2 aliphatic rings. The van der Waals surface area contributed by atoms with Crippen LogP contribution in [0.25, 0.3) is 0 Å². The second-order valence-corrected chi connectivity index (χ2v) is 8.77. The summed E-state index contributed by atoms with van der Waals surface area (Å²) in [6.45, 7) is 2.33. The summed E-state index contributed by atoms with van der Waals surface area (Å²) < 4.78 is 1.49. The molecule has 1 atom stereocenters. The molecule has 2 aromatic rings. The number of amides is 3. The van der Waals surface area contributed by atoms with Crippen molar-refractivity contribution in [2.24, 2.45) is 0 Å². The number of carbonyl (C=O) groups is 3. The van der Waals surface area contributed by atoms with Crippen molar-refractivity contribution >= 4 is 31.0 Å². The number of rotatable bonds is 5. The van der Waals surface area contributed by atoms with Crippen molar-refractivity contribution in [3.63, 3.8) is 0 Å². The number of nitrogens with zero attached hydrogens (tertiary/aromatic N) is 3. The fourth-order valence-corrected chi connectivity index (χ4v) is 4.32. The fraction of sp³-hybridized carbons (Fsp3) is 0.455. The predicted octanol–water partition coefficient (Wildman–Crippen LogP) is -0.0254. The number of hydrogen-bond donors (Lipinski definition) is 2. The number of fused-ring (bicyclic) bond motifs is 1. The Hall–Kier alpha value is -3.10. The van der Waals surface area contributed by atoms with Crippen LogP contribution in [0.4, 0.5) is 0 Å². The highest BCUT2D eigenvalue weighted by Crippen LogP contribution is 2.27. The van der Waals surface area contributed by atoms with Crippen LogP contribution in [0, 0.1) is 0 Å². The number of hydrogen-bond acceptors (Lipinski definition) is 4. The van der Waals surface area contributed by atoms with Gasteiger partial charge in [0.25, 0.3) is 11.8 Å². The van der Waals surface area contributed by atoms with Gasteiger partial charge in [0, 0.05) is 25.7 Å². The minimum atomic E-state index is -1.06. The van der Waals surface area contributed by atoms with E-state index in [0.717, 1.165) is 36.7 Å². The maximum atomic E-state index is 13.0. The summed E-state index contributed by atoms with van der Waals surface area (Å²) >= 11 is 0. The fourth-order valence-electron chi connectivity index (χ4n) is 4.32. The number of nitrogens with one attached hydrogen (secondary N) is 2. The van der Waals surface area contributed by atoms with Crippen LogP contribution in [0.15, 0.2) is 30.3 Å². The van der Waals surface area contributed by atoms with E-state index in [2.05, 4.69) is 15.7 Å². The number of benzene rings is 1. The molecule has 0 saturated heterocycles. The summed E-state index contributed by atoms with van der Waals surface area (Å²) in [6.07, 6.45) is 4.16. The lowest BCUT2D eigenvalue weighted by atomic mass is 9.91. The maximum Gasteiger partial charge on any atom is 0.272 e. The molecule has 1 aliphatic carbocycles. The average Bonchev–Trinajstić information content (AvgIpc) is 3.41. The van der Waals surface area contributed by atoms with Crippen molar-refractivity contribution in [3.8, 4) is 0 Å². The second kappa shape index (κ2) is 8.21. The molecule has 0 radical (unpaired) electrons. The highest BCUT2D eigenvalue weighted by atomic mass is 16.2. The predicted molar refractivity (Wildman–Crippen MR) is 119 cm³/mol. The van der Waals surface area contributed by atoms with E-state index >= 15 is 0 Å². The van der Waals surface area contributed by atoms with Crippen molar-refractivity contribution in [1.29, 1.82) is 0 Å². The summed E-state index contributed by atoms with van der Waals surface area (Å²) in [5, 5.41) is 10.3. The average molecular weight is 421 g/mol. The second-order valence-electron chi connectivity index (χ2n) is 8.77. The summed E-state index contributed by atoms with van der Waals surface area (Å²) in [6, 6.07) is 9.49. The Morgan fingerprint density at radius 3 is 2.68 bits per heavy atom. The van der Waals surface area contributed by atoms with Crippen LogP contribution < -0.4 is 16.1 Å². The zero-order chi connectivity index (χ0) is 22.2. The molecule has 1 aromatic heterocycles. The van der Waals surface area contributed by atoms with E-state index in [1.54, 1.807) is 14.0 Å². The van der Waals surface area contributed by atoms with Crippen molar-refractivity contribution in [2.75, 3.05) is 7.05 Å². The van der Waals surface area contributed by atoms with Crippen molar-refractivity contribution in [3.05, 3.63) is 47.3 Å².